The number of fused-ring (bicyclic) bond motifs is 1. The van der Waals surface area contributed by atoms with E-state index in [1.807, 2.05) is 18.2 Å². The largest absolute Gasteiger partial charge is 0.492 e. The first-order chi connectivity index (χ1) is 12.0. The molecular formula is C17H18FNO5S. The predicted octanol–water partition coefficient (Wildman–Crippen LogP) is 2.10. The van der Waals surface area contributed by atoms with Crippen molar-refractivity contribution >= 4 is 10.0 Å². The van der Waals surface area contributed by atoms with Gasteiger partial charge in [-0.3, -0.25) is 0 Å². The minimum atomic E-state index is -3.45. The van der Waals surface area contributed by atoms with Gasteiger partial charge in [0.15, 0.2) is 11.5 Å². The minimum Gasteiger partial charge on any atom is -0.492 e. The summed E-state index contributed by atoms with van der Waals surface area (Å²) in [6, 6.07) is 10.9. The maximum atomic E-state index is 12.8. The Balaban J connectivity index is 1.41. The third-order valence-corrected chi connectivity index (χ3v) is 4.96. The first-order valence-corrected chi connectivity index (χ1v) is 9.41. The number of rotatable bonds is 8. The van der Waals surface area contributed by atoms with Gasteiger partial charge in [-0.25, -0.2) is 17.5 Å². The van der Waals surface area contributed by atoms with Crippen LogP contribution in [0.5, 0.6) is 17.2 Å². The summed E-state index contributed by atoms with van der Waals surface area (Å²) < 4.78 is 55.0. The molecule has 2 aromatic carbocycles. The molecule has 1 aliphatic heterocycles. The number of benzene rings is 2. The highest BCUT2D eigenvalue weighted by Crippen LogP contribution is 2.32. The normalized spacial score (nSPS) is 13.0. The van der Waals surface area contributed by atoms with Gasteiger partial charge in [-0.05, 0) is 48.4 Å². The summed E-state index contributed by atoms with van der Waals surface area (Å²) in [7, 11) is -3.45. The van der Waals surface area contributed by atoms with Crippen molar-refractivity contribution in [2.45, 2.75) is 6.42 Å². The van der Waals surface area contributed by atoms with Crippen LogP contribution in [0.4, 0.5) is 4.39 Å². The average Bonchev–Trinajstić information content (AvgIpc) is 3.04. The smallest absolute Gasteiger partial charge is 0.231 e. The molecule has 1 heterocycles. The van der Waals surface area contributed by atoms with Gasteiger partial charge in [0.2, 0.25) is 16.8 Å². The van der Waals surface area contributed by atoms with E-state index in [9.17, 15) is 12.8 Å². The number of hydrogen-bond donors (Lipinski definition) is 1. The summed E-state index contributed by atoms with van der Waals surface area (Å²) >= 11 is 0. The van der Waals surface area contributed by atoms with Crippen molar-refractivity contribution < 1.29 is 27.0 Å². The highest BCUT2D eigenvalue weighted by atomic mass is 32.2. The lowest BCUT2D eigenvalue weighted by Crippen LogP contribution is -2.30. The molecule has 8 heteroatoms. The molecule has 0 spiro atoms. The summed E-state index contributed by atoms with van der Waals surface area (Å²) in [5.74, 6) is 1.25. The van der Waals surface area contributed by atoms with E-state index in [0.29, 0.717) is 23.7 Å². The molecular weight excluding hydrogens is 349 g/mol. The Labute approximate surface area is 145 Å². The Morgan fingerprint density at radius 1 is 1.08 bits per heavy atom. The molecule has 0 radical (unpaired) electrons. The zero-order valence-electron chi connectivity index (χ0n) is 13.4. The van der Waals surface area contributed by atoms with Crippen molar-refractivity contribution in [3.8, 4) is 17.2 Å². The van der Waals surface area contributed by atoms with Crippen LogP contribution in [0, 0.1) is 5.82 Å². The molecule has 0 amide bonds. The van der Waals surface area contributed by atoms with Crippen LogP contribution in [0.25, 0.3) is 0 Å². The fourth-order valence-corrected chi connectivity index (χ4v) is 3.18. The molecule has 0 saturated carbocycles. The van der Waals surface area contributed by atoms with E-state index in [1.54, 1.807) is 0 Å². The molecule has 6 nitrogen and oxygen atoms in total. The molecule has 0 aromatic heterocycles. The SMILES string of the molecule is O=S(=O)(CCOc1ccc(F)cc1)NCCc1ccc2c(c1)OCO2. The van der Waals surface area contributed by atoms with Gasteiger partial charge in [0.05, 0.1) is 5.75 Å². The molecule has 1 N–H and O–H groups in total. The lowest BCUT2D eigenvalue weighted by Gasteiger charge is -2.09. The molecule has 2 aromatic rings. The van der Waals surface area contributed by atoms with Crippen LogP contribution in [-0.4, -0.2) is 34.1 Å². The molecule has 0 bridgehead atoms. The molecule has 1 aliphatic rings. The second kappa shape index (κ2) is 7.71. The fourth-order valence-electron chi connectivity index (χ4n) is 2.32. The second-order valence-corrected chi connectivity index (χ2v) is 7.38. The molecule has 0 aliphatic carbocycles. The van der Waals surface area contributed by atoms with E-state index in [-0.39, 0.29) is 31.5 Å². The Bertz CT molecular complexity index is 823. The average molecular weight is 367 g/mol. The van der Waals surface area contributed by atoms with E-state index in [4.69, 9.17) is 14.2 Å². The zero-order valence-corrected chi connectivity index (χ0v) is 14.2. The molecule has 0 unspecified atom stereocenters. The quantitative estimate of drug-likeness (QED) is 0.773. The van der Waals surface area contributed by atoms with Gasteiger partial charge in [-0.15, -0.1) is 0 Å². The van der Waals surface area contributed by atoms with E-state index >= 15 is 0 Å². The van der Waals surface area contributed by atoms with Crippen molar-refractivity contribution in [1.82, 2.24) is 4.72 Å². The highest BCUT2D eigenvalue weighted by Gasteiger charge is 2.14. The summed E-state index contributed by atoms with van der Waals surface area (Å²) in [6.07, 6.45) is 0.536. The van der Waals surface area contributed by atoms with Crippen molar-refractivity contribution in [1.29, 1.82) is 0 Å². The maximum absolute atomic E-state index is 12.8. The van der Waals surface area contributed by atoms with E-state index in [1.165, 1.54) is 24.3 Å². The van der Waals surface area contributed by atoms with Crippen LogP contribution in [0.15, 0.2) is 42.5 Å². The van der Waals surface area contributed by atoms with E-state index in [2.05, 4.69) is 4.72 Å². The maximum Gasteiger partial charge on any atom is 0.231 e. The van der Waals surface area contributed by atoms with Crippen LogP contribution >= 0.6 is 0 Å². The van der Waals surface area contributed by atoms with Crippen molar-refractivity contribution in [3.63, 3.8) is 0 Å². The van der Waals surface area contributed by atoms with Crippen molar-refractivity contribution in [2.75, 3.05) is 25.7 Å². The number of ether oxygens (including phenoxy) is 3. The van der Waals surface area contributed by atoms with Crippen LogP contribution < -0.4 is 18.9 Å². The topological polar surface area (TPSA) is 73.9 Å². The van der Waals surface area contributed by atoms with Gasteiger partial charge in [-0.1, -0.05) is 6.07 Å². The van der Waals surface area contributed by atoms with Crippen molar-refractivity contribution in [2.24, 2.45) is 0 Å². The number of hydrogen-bond acceptors (Lipinski definition) is 5. The monoisotopic (exact) mass is 367 g/mol. The van der Waals surface area contributed by atoms with Gasteiger partial charge in [0.25, 0.3) is 0 Å². The third-order valence-electron chi connectivity index (χ3n) is 3.61. The summed E-state index contributed by atoms with van der Waals surface area (Å²) in [5, 5.41) is 0. The van der Waals surface area contributed by atoms with Gasteiger partial charge in [0, 0.05) is 6.54 Å². The van der Waals surface area contributed by atoms with Crippen LogP contribution in [0.3, 0.4) is 0 Å². The Morgan fingerprint density at radius 3 is 2.64 bits per heavy atom. The number of sulfonamides is 1. The summed E-state index contributed by atoms with van der Waals surface area (Å²) in [5.41, 5.74) is 0.953. The summed E-state index contributed by atoms with van der Waals surface area (Å²) in [4.78, 5) is 0. The standard InChI is InChI=1S/C17H18FNO5S/c18-14-2-4-15(5-3-14)22-9-10-25(20,21)19-8-7-13-1-6-16-17(11-13)24-12-23-16/h1-6,11,19H,7-10,12H2. The molecule has 0 saturated heterocycles. The molecule has 25 heavy (non-hydrogen) atoms. The molecule has 0 atom stereocenters. The zero-order chi connectivity index (χ0) is 17.7. The van der Waals surface area contributed by atoms with Gasteiger partial charge in [-0.2, -0.15) is 0 Å². The first-order valence-electron chi connectivity index (χ1n) is 7.76. The van der Waals surface area contributed by atoms with E-state index < -0.39 is 10.0 Å². The lowest BCUT2D eigenvalue weighted by molar-refractivity contribution is 0.174. The second-order valence-electron chi connectivity index (χ2n) is 5.45. The van der Waals surface area contributed by atoms with Crippen molar-refractivity contribution in [3.05, 3.63) is 53.8 Å². The number of nitrogens with one attached hydrogen (secondary N) is 1. The highest BCUT2D eigenvalue weighted by molar-refractivity contribution is 7.89. The molecule has 0 fully saturated rings. The van der Waals surface area contributed by atoms with Crippen LogP contribution in [0.1, 0.15) is 5.56 Å². The first kappa shape index (κ1) is 17.5. The van der Waals surface area contributed by atoms with E-state index in [0.717, 1.165) is 5.56 Å². The summed E-state index contributed by atoms with van der Waals surface area (Å²) in [6.45, 7) is 0.475. The minimum absolute atomic E-state index is 0.00894. The van der Waals surface area contributed by atoms with Gasteiger partial charge < -0.3 is 14.2 Å². The van der Waals surface area contributed by atoms with Crippen LogP contribution in [0.2, 0.25) is 0 Å². The van der Waals surface area contributed by atoms with Gasteiger partial charge in [0.1, 0.15) is 18.2 Å². The predicted molar refractivity (Wildman–Crippen MR) is 90.0 cm³/mol. The van der Waals surface area contributed by atoms with Crippen LogP contribution in [-0.2, 0) is 16.4 Å². The Kier molecular flexibility index (Phi) is 5.40. The Hall–Kier alpha value is -2.32. The molecule has 134 valence electrons. The Morgan fingerprint density at radius 2 is 1.84 bits per heavy atom. The number of halogens is 1. The van der Waals surface area contributed by atoms with Gasteiger partial charge >= 0.3 is 0 Å². The molecule has 3 rings (SSSR count). The lowest BCUT2D eigenvalue weighted by atomic mass is 10.1. The fraction of sp³-hybridized carbons (Fsp3) is 0.294. The third kappa shape index (κ3) is 5.07.